The van der Waals surface area contributed by atoms with Gasteiger partial charge in [-0.15, -0.1) is 0 Å². The zero-order chi connectivity index (χ0) is 17.5. The maximum atomic E-state index is 11.0. The van der Waals surface area contributed by atoms with Crippen LogP contribution in [0.15, 0.2) is 4.99 Å². The van der Waals surface area contributed by atoms with Crippen molar-refractivity contribution < 1.29 is 9.53 Å². The van der Waals surface area contributed by atoms with Crippen LogP contribution in [0, 0.1) is 0 Å². The van der Waals surface area contributed by atoms with Gasteiger partial charge in [0.15, 0.2) is 5.96 Å². The Labute approximate surface area is 142 Å². The van der Waals surface area contributed by atoms with E-state index in [9.17, 15) is 4.79 Å². The molecule has 136 valence electrons. The molecule has 0 spiro atoms. The number of nitrogens with zero attached hydrogens (tertiary/aromatic N) is 2. The summed E-state index contributed by atoms with van der Waals surface area (Å²) in [4.78, 5) is 17.7. The number of guanidine groups is 1. The minimum absolute atomic E-state index is 0.144. The predicted molar refractivity (Wildman–Crippen MR) is 96.8 cm³/mol. The fourth-order valence-corrected chi connectivity index (χ4v) is 2.36. The van der Waals surface area contributed by atoms with Crippen LogP contribution < -0.4 is 10.6 Å². The molecule has 1 atom stereocenters. The average molecular weight is 329 g/mol. The van der Waals surface area contributed by atoms with Crippen LogP contribution >= 0.6 is 0 Å². The summed E-state index contributed by atoms with van der Waals surface area (Å²) in [6, 6.07) is 0.395. The third-order valence-electron chi connectivity index (χ3n) is 3.94. The first-order chi connectivity index (χ1) is 11.1. The molecule has 0 aromatic rings. The largest absolute Gasteiger partial charge is 0.469 e. The fraction of sp³-hybridized carbons (Fsp3) is 0.882. The first-order valence-electron chi connectivity index (χ1n) is 8.83. The molecule has 0 aliphatic carbocycles. The number of carbonyl (C=O) groups excluding carboxylic acids is 1. The number of esters is 1. The highest BCUT2D eigenvalue weighted by Gasteiger charge is 2.06. The van der Waals surface area contributed by atoms with Crippen molar-refractivity contribution in [2.75, 3.05) is 40.3 Å². The topological polar surface area (TPSA) is 66.0 Å². The summed E-state index contributed by atoms with van der Waals surface area (Å²) in [6.45, 7) is 10.8. The van der Waals surface area contributed by atoms with E-state index < -0.39 is 0 Å². The van der Waals surface area contributed by atoms with Crippen molar-refractivity contribution in [2.24, 2.45) is 4.99 Å². The molecule has 6 nitrogen and oxygen atoms in total. The normalized spacial score (nSPS) is 13.0. The number of aliphatic imine (C=N–C) groups is 1. The first-order valence-corrected chi connectivity index (χ1v) is 8.83. The van der Waals surface area contributed by atoms with Crippen molar-refractivity contribution in [3.8, 4) is 0 Å². The molecule has 23 heavy (non-hydrogen) atoms. The van der Waals surface area contributed by atoms with E-state index in [-0.39, 0.29) is 5.97 Å². The molecule has 0 saturated heterocycles. The summed E-state index contributed by atoms with van der Waals surface area (Å²) >= 11 is 0. The van der Waals surface area contributed by atoms with Gasteiger partial charge in [-0.2, -0.15) is 0 Å². The van der Waals surface area contributed by atoms with Gasteiger partial charge in [-0.05, 0) is 52.2 Å². The molecule has 0 heterocycles. The Morgan fingerprint density at radius 1 is 1.22 bits per heavy atom. The summed E-state index contributed by atoms with van der Waals surface area (Å²) < 4.78 is 4.62. The third kappa shape index (κ3) is 11.9. The minimum Gasteiger partial charge on any atom is -0.469 e. The molecule has 2 N–H and O–H groups in total. The first kappa shape index (κ1) is 21.7. The molecular weight excluding hydrogens is 292 g/mol. The second-order valence-electron chi connectivity index (χ2n) is 5.75. The van der Waals surface area contributed by atoms with Gasteiger partial charge in [-0.25, -0.2) is 0 Å². The molecule has 0 rings (SSSR count). The molecule has 0 fully saturated rings. The van der Waals surface area contributed by atoms with Gasteiger partial charge in [0.1, 0.15) is 0 Å². The molecule has 0 aliphatic rings. The van der Waals surface area contributed by atoms with E-state index in [1.807, 2.05) is 0 Å². The van der Waals surface area contributed by atoms with Crippen LogP contribution in [0.2, 0.25) is 0 Å². The summed E-state index contributed by atoms with van der Waals surface area (Å²) in [5, 5.41) is 6.71. The Morgan fingerprint density at radius 2 is 1.91 bits per heavy atom. The number of hydrogen-bond acceptors (Lipinski definition) is 4. The summed E-state index contributed by atoms with van der Waals surface area (Å²) in [5.74, 6) is 0.688. The van der Waals surface area contributed by atoms with E-state index in [0.717, 1.165) is 51.4 Å². The molecule has 6 heteroatoms. The van der Waals surface area contributed by atoms with E-state index in [2.05, 4.69) is 46.0 Å². The number of hydrogen-bond donors (Lipinski definition) is 2. The van der Waals surface area contributed by atoms with Gasteiger partial charge < -0.3 is 20.3 Å². The van der Waals surface area contributed by atoms with Crippen LogP contribution in [0.1, 0.15) is 52.9 Å². The van der Waals surface area contributed by atoms with E-state index in [1.54, 1.807) is 7.05 Å². The lowest BCUT2D eigenvalue weighted by atomic mass is 10.2. The van der Waals surface area contributed by atoms with Gasteiger partial charge >= 0.3 is 5.97 Å². The standard InChI is InChI=1S/C17H36N4O2/c1-6-21(7-2)14-10-11-15(3)20-17(18-4)19-13-9-8-12-16(22)23-5/h15H,6-14H2,1-5H3,(H2,18,19,20). The van der Waals surface area contributed by atoms with E-state index in [4.69, 9.17) is 0 Å². The average Bonchev–Trinajstić information content (AvgIpc) is 2.57. The summed E-state index contributed by atoms with van der Waals surface area (Å²) in [5.41, 5.74) is 0. The molecule has 0 aromatic heterocycles. The van der Waals surface area contributed by atoms with Crippen LogP contribution in [0.5, 0.6) is 0 Å². The van der Waals surface area contributed by atoms with Gasteiger partial charge in [0.05, 0.1) is 7.11 Å². The fourth-order valence-electron chi connectivity index (χ4n) is 2.36. The third-order valence-corrected chi connectivity index (χ3v) is 3.94. The smallest absolute Gasteiger partial charge is 0.305 e. The molecule has 1 unspecified atom stereocenters. The van der Waals surface area contributed by atoms with Crippen molar-refractivity contribution in [3.05, 3.63) is 0 Å². The van der Waals surface area contributed by atoms with Crippen LogP contribution in [-0.4, -0.2) is 63.2 Å². The maximum absolute atomic E-state index is 11.0. The molecule has 0 saturated carbocycles. The molecule has 0 aliphatic heterocycles. The summed E-state index contributed by atoms with van der Waals surface area (Å²) in [6.07, 6.45) is 4.54. The van der Waals surface area contributed by atoms with Crippen molar-refractivity contribution in [3.63, 3.8) is 0 Å². The zero-order valence-electron chi connectivity index (χ0n) is 15.7. The number of unbranched alkanes of at least 4 members (excludes halogenated alkanes) is 1. The molecule has 0 bridgehead atoms. The Kier molecular flexibility index (Phi) is 13.5. The van der Waals surface area contributed by atoms with Gasteiger partial charge in [0.2, 0.25) is 0 Å². The van der Waals surface area contributed by atoms with Gasteiger partial charge in [0, 0.05) is 26.1 Å². The Morgan fingerprint density at radius 3 is 2.48 bits per heavy atom. The molecule has 0 radical (unpaired) electrons. The Hall–Kier alpha value is -1.30. The quantitative estimate of drug-likeness (QED) is 0.248. The van der Waals surface area contributed by atoms with Gasteiger partial charge in [-0.3, -0.25) is 9.79 Å². The highest BCUT2D eigenvalue weighted by Crippen LogP contribution is 2.00. The van der Waals surface area contributed by atoms with E-state index in [1.165, 1.54) is 13.5 Å². The van der Waals surface area contributed by atoms with Crippen molar-refractivity contribution in [1.82, 2.24) is 15.5 Å². The van der Waals surface area contributed by atoms with E-state index in [0.29, 0.717) is 12.5 Å². The highest BCUT2D eigenvalue weighted by atomic mass is 16.5. The monoisotopic (exact) mass is 328 g/mol. The number of ether oxygens (including phenoxy) is 1. The molecule has 0 aromatic carbocycles. The van der Waals surface area contributed by atoms with Crippen LogP contribution in [-0.2, 0) is 9.53 Å². The van der Waals surface area contributed by atoms with Gasteiger partial charge in [0.25, 0.3) is 0 Å². The lowest BCUT2D eigenvalue weighted by Gasteiger charge is -2.21. The Balaban J connectivity index is 3.80. The second-order valence-corrected chi connectivity index (χ2v) is 5.75. The van der Waals surface area contributed by atoms with Crippen molar-refractivity contribution >= 4 is 11.9 Å². The number of methoxy groups -OCH3 is 1. The molecule has 0 amide bonds. The Bertz CT molecular complexity index is 331. The van der Waals surface area contributed by atoms with Crippen LogP contribution in [0.4, 0.5) is 0 Å². The SMILES string of the molecule is CCN(CC)CCCC(C)NC(=NC)NCCCCC(=O)OC. The second kappa shape index (κ2) is 14.3. The minimum atomic E-state index is -0.144. The number of nitrogens with one attached hydrogen (secondary N) is 2. The number of rotatable bonds is 12. The van der Waals surface area contributed by atoms with Crippen LogP contribution in [0.3, 0.4) is 0 Å². The highest BCUT2D eigenvalue weighted by molar-refractivity contribution is 5.79. The number of carbonyl (C=O) groups is 1. The lowest BCUT2D eigenvalue weighted by molar-refractivity contribution is -0.140. The predicted octanol–water partition coefficient (Wildman–Crippen LogP) is 2.01. The van der Waals surface area contributed by atoms with Crippen LogP contribution in [0.25, 0.3) is 0 Å². The lowest BCUT2D eigenvalue weighted by Crippen LogP contribution is -2.42. The van der Waals surface area contributed by atoms with Crippen molar-refractivity contribution in [1.29, 1.82) is 0 Å². The van der Waals surface area contributed by atoms with E-state index >= 15 is 0 Å². The van der Waals surface area contributed by atoms with Gasteiger partial charge in [-0.1, -0.05) is 13.8 Å². The summed E-state index contributed by atoms with van der Waals surface area (Å²) in [7, 11) is 3.21. The maximum Gasteiger partial charge on any atom is 0.305 e. The zero-order valence-corrected chi connectivity index (χ0v) is 15.7. The molecular formula is C17H36N4O2. The van der Waals surface area contributed by atoms with Crippen molar-refractivity contribution in [2.45, 2.75) is 58.9 Å².